The number of hydrogen-bond acceptors (Lipinski definition) is 4. The van der Waals surface area contributed by atoms with Crippen molar-refractivity contribution >= 4 is 27.8 Å². The molecule has 3 aromatic rings. The molecule has 2 aromatic carbocycles. The molecule has 33 heavy (non-hydrogen) atoms. The first-order valence-electron chi connectivity index (χ1n) is 10.6. The molecular formula is C25H30N4O3S. The fourth-order valence-electron chi connectivity index (χ4n) is 4.00. The average molecular weight is 467 g/mol. The molecule has 1 heterocycles. The fourth-order valence-corrected chi connectivity index (χ4v) is 4.98. The lowest BCUT2D eigenvalue weighted by Gasteiger charge is -2.25. The van der Waals surface area contributed by atoms with Crippen molar-refractivity contribution in [2.75, 3.05) is 17.1 Å². The van der Waals surface area contributed by atoms with E-state index < -0.39 is 15.9 Å². The van der Waals surface area contributed by atoms with Crippen LogP contribution in [0.2, 0.25) is 0 Å². The third-order valence-corrected chi connectivity index (χ3v) is 6.71. The van der Waals surface area contributed by atoms with Gasteiger partial charge in [0.2, 0.25) is 10.0 Å². The van der Waals surface area contributed by atoms with Gasteiger partial charge in [0.05, 0.1) is 18.2 Å². The quantitative estimate of drug-likeness (QED) is 0.423. The van der Waals surface area contributed by atoms with E-state index in [0.29, 0.717) is 5.69 Å². The van der Waals surface area contributed by atoms with Crippen LogP contribution in [0.1, 0.15) is 33.6 Å². The number of sulfonamides is 1. The van der Waals surface area contributed by atoms with Crippen LogP contribution in [-0.2, 0) is 14.8 Å². The summed E-state index contributed by atoms with van der Waals surface area (Å²) in [5.74, 6) is -0.521. The molecule has 7 nitrogen and oxygen atoms in total. The van der Waals surface area contributed by atoms with Gasteiger partial charge < -0.3 is 4.57 Å². The van der Waals surface area contributed by atoms with Crippen molar-refractivity contribution in [1.29, 1.82) is 0 Å². The van der Waals surface area contributed by atoms with E-state index in [9.17, 15) is 13.2 Å². The van der Waals surface area contributed by atoms with Gasteiger partial charge >= 0.3 is 0 Å². The van der Waals surface area contributed by atoms with Crippen LogP contribution < -0.4 is 9.73 Å². The first-order chi connectivity index (χ1) is 15.5. The number of para-hydroxylation sites is 2. The van der Waals surface area contributed by atoms with E-state index in [0.717, 1.165) is 49.9 Å². The van der Waals surface area contributed by atoms with E-state index in [4.69, 9.17) is 0 Å². The number of amides is 1. The van der Waals surface area contributed by atoms with E-state index in [2.05, 4.69) is 34.2 Å². The Balaban J connectivity index is 1.79. The van der Waals surface area contributed by atoms with Gasteiger partial charge in [-0.1, -0.05) is 36.4 Å². The number of carbonyl (C=O) groups is 1. The SMILES string of the molecule is Cc1ccccc1-n1c(C)cc(/C=N/NC(=O)CN(c2c(C)cccc2C)S(C)(=O)=O)c1C. The van der Waals surface area contributed by atoms with Gasteiger partial charge in [-0.3, -0.25) is 9.10 Å². The molecule has 174 valence electrons. The molecule has 0 saturated carbocycles. The highest BCUT2D eigenvalue weighted by Gasteiger charge is 2.23. The van der Waals surface area contributed by atoms with Gasteiger partial charge in [-0.05, 0) is 63.4 Å². The first-order valence-corrected chi connectivity index (χ1v) is 12.5. The summed E-state index contributed by atoms with van der Waals surface area (Å²) in [6, 6.07) is 15.6. The molecule has 0 radical (unpaired) electrons. The molecule has 1 aromatic heterocycles. The summed E-state index contributed by atoms with van der Waals surface area (Å²) in [5, 5.41) is 4.09. The van der Waals surface area contributed by atoms with E-state index in [1.54, 1.807) is 6.21 Å². The summed E-state index contributed by atoms with van der Waals surface area (Å²) in [5.41, 5.74) is 9.69. The van der Waals surface area contributed by atoms with E-state index >= 15 is 0 Å². The van der Waals surface area contributed by atoms with Crippen molar-refractivity contribution in [1.82, 2.24) is 9.99 Å². The van der Waals surface area contributed by atoms with E-state index in [-0.39, 0.29) is 6.54 Å². The van der Waals surface area contributed by atoms with Gasteiger partial charge in [0.1, 0.15) is 6.54 Å². The van der Waals surface area contributed by atoms with Crippen molar-refractivity contribution in [2.24, 2.45) is 5.10 Å². The van der Waals surface area contributed by atoms with Gasteiger partial charge in [-0.25, -0.2) is 13.8 Å². The van der Waals surface area contributed by atoms with E-state index in [1.165, 1.54) is 0 Å². The Morgan fingerprint density at radius 1 is 1.00 bits per heavy atom. The molecule has 0 fully saturated rings. The molecule has 1 N–H and O–H groups in total. The number of nitrogens with one attached hydrogen (secondary N) is 1. The predicted molar refractivity (Wildman–Crippen MR) is 134 cm³/mol. The summed E-state index contributed by atoms with van der Waals surface area (Å²) in [6.45, 7) is 9.36. The summed E-state index contributed by atoms with van der Waals surface area (Å²) in [7, 11) is -3.66. The lowest BCUT2D eigenvalue weighted by molar-refractivity contribution is -0.119. The van der Waals surface area contributed by atoms with Crippen molar-refractivity contribution in [2.45, 2.75) is 34.6 Å². The zero-order valence-corrected chi connectivity index (χ0v) is 20.7. The maximum atomic E-state index is 12.6. The number of anilines is 1. The highest BCUT2D eigenvalue weighted by molar-refractivity contribution is 7.92. The van der Waals surface area contributed by atoms with Crippen molar-refractivity contribution in [3.8, 4) is 5.69 Å². The third-order valence-electron chi connectivity index (χ3n) is 5.60. The summed E-state index contributed by atoms with van der Waals surface area (Å²) >= 11 is 0. The molecule has 0 aliphatic heterocycles. The summed E-state index contributed by atoms with van der Waals surface area (Å²) in [4.78, 5) is 12.6. The van der Waals surface area contributed by atoms with Gasteiger partial charge in [-0.15, -0.1) is 0 Å². The maximum Gasteiger partial charge on any atom is 0.260 e. The molecule has 0 spiro atoms. The van der Waals surface area contributed by atoms with Crippen molar-refractivity contribution < 1.29 is 13.2 Å². The minimum absolute atomic E-state index is 0.357. The van der Waals surface area contributed by atoms with Crippen molar-refractivity contribution in [3.05, 3.63) is 82.2 Å². The molecule has 0 bridgehead atoms. The maximum absolute atomic E-state index is 12.6. The van der Waals surface area contributed by atoms with Crippen molar-refractivity contribution in [3.63, 3.8) is 0 Å². The number of hydrazone groups is 1. The Morgan fingerprint density at radius 2 is 1.61 bits per heavy atom. The highest BCUT2D eigenvalue weighted by Crippen LogP contribution is 2.26. The summed E-state index contributed by atoms with van der Waals surface area (Å²) in [6.07, 6.45) is 2.68. The monoisotopic (exact) mass is 466 g/mol. The number of hydrogen-bond donors (Lipinski definition) is 1. The topological polar surface area (TPSA) is 83.8 Å². The number of aryl methyl sites for hydroxylation is 4. The smallest absolute Gasteiger partial charge is 0.260 e. The Morgan fingerprint density at radius 3 is 2.21 bits per heavy atom. The predicted octanol–water partition coefficient (Wildman–Crippen LogP) is 3.94. The third kappa shape index (κ3) is 5.34. The first kappa shape index (κ1) is 24.3. The van der Waals surface area contributed by atoms with Gasteiger partial charge in [0.25, 0.3) is 5.91 Å². The molecule has 0 saturated heterocycles. The van der Waals surface area contributed by atoms with Crippen LogP contribution >= 0.6 is 0 Å². The molecule has 0 unspecified atom stereocenters. The largest absolute Gasteiger partial charge is 0.318 e. The van der Waals surface area contributed by atoms with Crippen LogP contribution in [-0.4, -0.2) is 37.9 Å². The van der Waals surface area contributed by atoms with Crippen LogP contribution in [0, 0.1) is 34.6 Å². The molecular weight excluding hydrogens is 436 g/mol. The Bertz CT molecular complexity index is 1300. The number of nitrogens with zero attached hydrogens (tertiary/aromatic N) is 3. The Hall–Kier alpha value is -3.39. The second-order valence-corrected chi connectivity index (χ2v) is 10.2. The van der Waals surface area contributed by atoms with Gasteiger partial charge in [0.15, 0.2) is 0 Å². The molecule has 0 atom stereocenters. The van der Waals surface area contributed by atoms with Crippen LogP contribution in [0.3, 0.4) is 0 Å². The highest BCUT2D eigenvalue weighted by atomic mass is 32.2. The summed E-state index contributed by atoms with van der Waals surface area (Å²) < 4.78 is 28.1. The van der Waals surface area contributed by atoms with E-state index in [1.807, 2.05) is 64.1 Å². The standard InChI is InChI=1S/C25H30N4O3S/c1-17-10-7-8-13-23(17)29-20(4)14-22(21(29)5)15-26-27-24(30)16-28(33(6,31)32)25-18(2)11-9-12-19(25)3/h7-15H,16H2,1-6H3,(H,27,30)/b26-15+. The minimum atomic E-state index is -3.66. The fraction of sp³-hybridized carbons (Fsp3) is 0.280. The zero-order valence-electron chi connectivity index (χ0n) is 19.9. The van der Waals surface area contributed by atoms with Crippen LogP contribution in [0.4, 0.5) is 5.69 Å². The average Bonchev–Trinajstić information content (AvgIpc) is 3.00. The Kier molecular flexibility index (Phi) is 7.07. The normalized spacial score (nSPS) is 11.7. The number of carbonyl (C=O) groups excluding carboxylic acids is 1. The number of aromatic nitrogens is 1. The van der Waals surface area contributed by atoms with Crippen LogP contribution in [0.15, 0.2) is 53.6 Å². The second-order valence-electron chi connectivity index (χ2n) is 8.25. The van der Waals surface area contributed by atoms with Crippen LogP contribution in [0.5, 0.6) is 0 Å². The van der Waals surface area contributed by atoms with Crippen LogP contribution in [0.25, 0.3) is 5.69 Å². The molecule has 0 aliphatic carbocycles. The molecule has 8 heteroatoms. The number of benzene rings is 2. The van der Waals surface area contributed by atoms with Gasteiger partial charge in [-0.2, -0.15) is 5.10 Å². The van der Waals surface area contributed by atoms with Gasteiger partial charge in [0, 0.05) is 22.6 Å². The second kappa shape index (κ2) is 9.62. The number of rotatable bonds is 7. The molecule has 1 amide bonds. The lowest BCUT2D eigenvalue weighted by atomic mass is 10.1. The Labute approximate surface area is 195 Å². The zero-order chi connectivity index (χ0) is 24.3. The molecule has 0 aliphatic rings. The molecule has 3 rings (SSSR count). The lowest BCUT2D eigenvalue weighted by Crippen LogP contribution is -2.39. The minimum Gasteiger partial charge on any atom is -0.318 e.